The lowest BCUT2D eigenvalue weighted by Gasteiger charge is -2.38. The first-order chi connectivity index (χ1) is 14.1. The number of nitrogens with zero attached hydrogens (tertiary/aromatic N) is 3. The van der Waals surface area contributed by atoms with Crippen LogP contribution in [0.15, 0.2) is 18.3 Å². The number of aryl methyl sites for hydroxylation is 2. The standard InChI is InChI=1S/C20H25F3N4O2S/c1-12-4-17(5-13(2)25-12)29-11-15-6-16(20(21,22)23)9-27(8-15)10-18-7-24-19(30-18)26-14(3)28/h4-5,7,15-16H,6,8-11H2,1-3H3,(H,24,26,28). The fourth-order valence-electron chi connectivity index (χ4n) is 3.69. The highest BCUT2D eigenvalue weighted by Gasteiger charge is 2.44. The molecule has 0 aromatic carbocycles. The molecule has 3 rings (SSSR count). The molecule has 0 radical (unpaired) electrons. The lowest BCUT2D eigenvalue weighted by atomic mass is 9.89. The summed E-state index contributed by atoms with van der Waals surface area (Å²) in [6.45, 7) is 6.11. The second-order valence-electron chi connectivity index (χ2n) is 7.74. The highest BCUT2D eigenvalue weighted by molar-refractivity contribution is 7.15. The first-order valence-corrected chi connectivity index (χ1v) is 10.5. The Hall–Kier alpha value is -2.20. The first-order valence-electron chi connectivity index (χ1n) is 9.68. The minimum atomic E-state index is -4.25. The zero-order valence-electron chi connectivity index (χ0n) is 17.1. The molecule has 6 nitrogen and oxygen atoms in total. The van der Waals surface area contributed by atoms with Gasteiger partial charge in [-0.3, -0.25) is 14.7 Å². The Balaban J connectivity index is 1.66. The summed E-state index contributed by atoms with van der Waals surface area (Å²) < 4.78 is 46.4. The van der Waals surface area contributed by atoms with Gasteiger partial charge in [0.1, 0.15) is 5.75 Å². The van der Waals surface area contributed by atoms with E-state index in [4.69, 9.17) is 4.74 Å². The van der Waals surface area contributed by atoms with Gasteiger partial charge in [-0.1, -0.05) is 0 Å². The number of aromatic nitrogens is 2. The Labute approximate surface area is 177 Å². The molecule has 0 aliphatic carbocycles. The van der Waals surface area contributed by atoms with Gasteiger partial charge in [-0.05, 0) is 20.3 Å². The molecule has 0 spiro atoms. The normalized spacial score (nSPS) is 20.2. The number of pyridine rings is 1. The predicted molar refractivity (Wildman–Crippen MR) is 109 cm³/mol. The zero-order valence-corrected chi connectivity index (χ0v) is 17.9. The Morgan fingerprint density at radius 2 is 2.00 bits per heavy atom. The Morgan fingerprint density at radius 1 is 1.30 bits per heavy atom. The van der Waals surface area contributed by atoms with Crippen LogP contribution >= 0.6 is 11.3 Å². The van der Waals surface area contributed by atoms with E-state index in [1.54, 1.807) is 23.2 Å². The molecular weight excluding hydrogens is 417 g/mol. The molecule has 1 amide bonds. The molecule has 1 N–H and O–H groups in total. The molecule has 10 heteroatoms. The second kappa shape index (κ2) is 9.30. The van der Waals surface area contributed by atoms with Crippen molar-refractivity contribution in [2.45, 2.75) is 39.9 Å². The van der Waals surface area contributed by atoms with Gasteiger partial charge in [-0.2, -0.15) is 13.2 Å². The third-order valence-corrected chi connectivity index (χ3v) is 5.73. The van der Waals surface area contributed by atoms with Gasteiger partial charge < -0.3 is 10.1 Å². The van der Waals surface area contributed by atoms with Crippen molar-refractivity contribution < 1.29 is 22.7 Å². The summed E-state index contributed by atoms with van der Waals surface area (Å²) in [5.41, 5.74) is 1.62. The van der Waals surface area contributed by atoms with Crippen LogP contribution < -0.4 is 10.1 Å². The number of likely N-dealkylation sites (tertiary alicyclic amines) is 1. The highest BCUT2D eigenvalue weighted by atomic mass is 32.1. The number of carbonyl (C=O) groups is 1. The molecule has 1 aliphatic heterocycles. The molecule has 1 aliphatic rings. The summed E-state index contributed by atoms with van der Waals surface area (Å²) in [5.74, 6) is -1.25. The molecule has 2 aromatic rings. The summed E-state index contributed by atoms with van der Waals surface area (Å²) in [5, 5.41) is 3.05. The van der Waals surface area contributed by atoms with Gasteiger partial charge in [0.15, 0.2) is 5.13 Å². The van der Waals surface area contributed by atoms with E-state index in [1.807, 2.05) is 13.8 Å². The van der Waals surface area contributed by atoms with Crippen molar-refractivity contribution >= 4 is 22.4 Å². The van der Waals surface area contributed by atoms with Crippen LogP contribution in [-0.4, -0.2) is 46.6 Å². The van der Waals surface area contributed by atoms with Crippen LogP contribution in [0, 0.1) is 25.7 Å². The smallest absolute Gasteiger partial charge is 0.393 e. The van der Waals surface area contributed by atoms with E-state index in [9.17, 15) is 18.0 Å². The summed E-state index contributed by atoms with van der Waals surface area (Å²) >= 11 is 1.27. The third kappa shape index (κ3) is 6.40. The lowest BCUT2D eigenvalue weighted by Crippen LogP contribution is -2.46. The van der Waals surface area contributed by atoms with E-state index < -0.39 is 12.1 Å². The van der Waals surface area contributed by atoms with Crippen LogP contribution in [0.1, 0.15) is 29.6 Å². The van der Waals surface area contributed by atoms with Crippen molar-refractivity contribution in [2.75, 3.05) is 25.0 Å². The number of carbonyl (C=O) groups excluding carboxylic acids is 1. The SMILES string of the molecule is CC(=O)Nc1ncc(CN2CC(COc3cc(C)nc(C)c3)CC(C(F)(F)F)C2)s1. The number of nitrogens with one attached hydrogen (secondary N) is 1. The highest BCUT2D eigenvalue weighted by Crippen LogP contribution is 2.36. The van der Waals surface area contributed by atoms with Crippen LogP contribution in [0.4, 0.5) is 18.3 Å². The number of alkyl halides is 3. The summed E-state index contributed by atoms with van der Waals surface area (Å²) in [6.07, 6.45) is -2.61. The Kier molecular flexibility index (Phi) is 6.97. The maximum atomic E-state index is 13.5. The molecule has 1 fully saturated rings. The number of ether oxygens (including phenoxy) is 1. The largest absolute Gasteiger partial charge is 0.493 e. The minimum Gasteiger partial charge on any atom is -0.493 e. The van der Waals surface area contributed by atoms with Gasteiger partial charge in [0, 0.05) is 67.1 Å². The number of anilines is 1. The third-order valence-electron chi connectivity index (χ3n) is 4.83. The second-order valence-corrected chi connectivity index (χ2v) is 8.86. The van der Waals surface area contributed by atoms with E-state index >= 15 is 0 Å². The molecule has 164 valence electrons. The molecule has 0 saturated carbocycles. The molecule has 0 bridgehead atoms. The lowest BCUT2D eigenvalue weighted by molar-refractivity contribution is -0.193. The number of amides is 1. The summed E-state index contributed by atoms with van der Waals surface area (Å²) in [7, 11) is 0. The van der Waals surface area contributed by atoms with Crippen molar-refractivity contribution in [1.82, 2.24) is 14.9 Å². The number of halogens is 3. The fourth-order valence-corrected chi connectivity index (χ4v) is 4.59. The van der Waals surface area contributed by atoms with Crippen molar-refractivity contribution in [3.8, 4) is 5.75 Å². The van der Waals surface area contributed by atoms with Crippen LogP contribution in [0.25, 0.3) is 0 Å². The van der Waals surface area contributed by atoms with Crippen LogP contribution in [0.3, 0.4) is 0 Å². The first kappa shape index (κ1) is 22.5. The van der Waals surface area contributed by atoms with Gasteiger partial charge in [-0.15, -0.1) is 11.3 Å². The molecule has 30 heavy (non-hydrogen) atoms. The van der Waals surface area contributed by atoms with E-state index in [0.29, 0.717) is 24.0 Å². The average molecular weight is 443 g/mol. The van der Waals surface area contributed by atoms with E-state index in [1.165, 1.54) is 18.3 Å². The quantitative estimate of drug-likeness (QED) is 0.727. The molecule has 2 aromatic heterocycles. The maximum absolute atomic E-state index is 13.5. The molecule has 2 unspecified atom stereocenters. The van der Waals surface area contributed by atoms with Crippen LogP contribution in [0.5, 0.6) is 5.75 Å². The number of piperidine rings is 1. The number of rotatable bonds is 6. The van der Waals surface area contributed by atoms with E-state index in [-0.39, 0.29) is 31.4 Å². The topological polar surface area (TPSA) is 67.4 Å². The maximum Gasteiger partial charge on any atom is 0.393 e. The van der Waals surface area contributed by atoms with Crippen molar-refractivity contribution in [3.05, 3.63) is 34.6 Å². The van der Waals surface area contributed by atoms with Gasteiger partial charge in [0.05, 0.1) is 12.5 Å². The monoisotopic (exact) mass is 442 g/mol. The van der Waals surface area contributed by atoms with Gasteiger partial charge in [0.25, 0.3) is 0 Å². The number of hydrogen-bond acceptors (Lipinski definition) is 6. The predicted octanol–water partition coefficient (Wildman–Crippen LogP) is 4.19. The van der Waals surface area contributed by atoms with E-state index in [2.05, 4.69) is 15.3 Å². The summed E-state index contributed by atoms with van der Waals surface area (Å²) in [6, 6.07) is 3.57. The minimum absolute atomic E-state index is 0.0445. The van der Waals surface area contributed by atoms with Crippen molar-refractivity contribution in [2.24, 2.45) is 11.8 Å². The van der Waals surface area contributed by atoms with E-state index in [0.717, 1.165) is 16.3 Å². The summed E-state index contributed by atoms with van der Waals surface area (Å²) in [4.78, 5) is 22.1. The van der Waals surface area contributed by atoms with Gasteiger partial charge in [-0.25, -0.2) is 4.98 Å². The van der Waals surface area contributed by atoms with Crippen molar-refractivity contribution in [1.29, 1.82) is 0 Å². The Morgan fingerprint density at radius 3 is 2.63 bits per heavy atom. The number of thiazole rings is 1. The Bertz CT molecular complexity index is 867. The average Bonchev–Trinajstić information content (AvgIpc) is 3.04. The van der Waals surface area contributed by atoms with Gasteiger partial charge >= 0.3 is 6.18 Å². The zero-order chi connectivity index (χ0) is 21.9. The number of hydrogen-bond donors (Lipinski definition) is 1. The van der Waals surface area contributed by atoms with Gasteiger partial charge in [0.2, 0.25) is 5.91 Å². The fraction of sp³-hybridized carbons (Fsp3) is 0.550. The molecular formula is C20H25F3N4O2S. The molecule has 3 heterocycles. The molecule has 1 saturated heterocycles. The molecule has 2 atom stereocenters. The van der Waals surface area contributed by atoms with Crippen molar-refractivity contribution in [3.63, 3.8) is 0 Å². The van der Waals surface area contributed by atoms with Crippen LogP contribution in [-0.2, 0) is 11.3 Å². The van der Waals surface area contributed by atoms with Crippen LogP contribution in [0.2, 0.25) is 0 Å².